The van der Waals surface area contributed by atoms with Gasteiger partial charge in [0.25, 0.3) is 5.91 Å². The maximum Gasteiger partial charge on any atom is 0.419 e. The Morgan fingerprint density at radius 3 is 2.24 bits per heavy atom. The molecule has 25 heavy (non-hydrogen) atoms. The largest absolute Gasteiger partial charge is 0.481 e. The van der Waals surface area contributed by atoms with E-state index in [-0.39, 0.29) is 12.3 Å². The number of carbonyl (C=O) groups is 2. The number of carboxylic acid groups (broad SMARTS) is 1. The smallest absolute Gasteiger partial charge is 0.419 e. The van der Waals surface area contributed by atoms with Gasteiger partial charge in [-0.3, -0.25) is 9.59 Å². The summed E-state index contributed by atoms with van der Waals surface area (Å²) in [5.41, 5.74) is -2.03. The number of alkyl halides is 3. The number of ether oxygens (including phenoxy) is 1. The third kappa shape index (κ3) is 5.65. The molecule has 0 radical (unpaired) electrons. The molecule has 1 aromatic rings. The Morgan fingerprint density at radius 2 is 1.76 bits per heavy atom. The predicted octanol–water partition coefficient (Wildman–Crippen LogP) is 3.48. The van der Waals surface area contributed by atoms with Crippen molar-refractivity contribution in [1.82, 2.24) is 5.32 Å². The lowest BCUT2D eigenvalue weighted by molar-refractivity contribution is -0.142. The summed E-state index contributed by atoms with van der Waals surface area (Å²) in [7, 11) is 0. The average molecular weight is 361 g/mol. The highest BCUT2D eigenvalue weighted by Gasteiger charge is 2.37. The van der Waals surface area contributed by atoms with Crippen molar-refractivity contribution in [3.8, 4) is 5.75 Å². The molecule has 0 bridgehead atoms. The van der Waals surface area contributed by atoms with Crippen LogP contribution < -0.4 is 10.1 Å². The zero-order chi connectivity index (χ0) is 19.4. The Balaban J connectivity index is 2.93. The van der Waals surface area contributed by atoms with Crippen LogP contribution in [0.4, 0.5) is 13.2 Å². The molecule has 1 amide bonds. The number of carboxylic acids is 1. The molecule has 0 aliphatic carbocycles. The lowest BCUT2D eigenvalue weighted by Gasteiger charge is -2.34. The zero-order valence-electron chi connectivity index (χ0n) is 14.5. The van der Waals surface area contributed by atoms with Gasteiger partial charge in [0, 0.05) is 0 Å². The Hall–Kier alpha value is -2.25. The summed E-state index contributed by atoms with van der Waals surface area (Å²) in [4.78, 5) is 23.3. The normalized spacial score (nSPS) is 15.4. The molecule has 0 saturated heterocycles. The van der Waals surface area contributed by atoms with Crippen LogP contribution in [0.5, 0.6) is 5.75 Å². The molecule has 0 aromatic heterocycles. The van der Waals surface area contributed by atoms with Crippen LogP contribution >= 0.6 is 0 Å². The van der Waals surface area contributed by atoms with E-state index in [1.807, 2.05) is 0 Å². The van der Waals surface area contributed by atoms with Gasteiger partial charge in [-0.1, -0.05) is 26.0 Å². The second-order valence-corrected chi connectivity index (χ2v) is 6.39. The standard InChI is InChI=1S/C17H22F3NO4/c1-10(2)16(4,9-14(22)23)21-15(24)11(3)25-13-8-6-5-7-12(13)17(18,19)20/h5-8,10-11H,9H2,1-4H3,(H,21,24)(H,22,23). The Morgan fingerprint density at radius 1 is 1.20 bits per heavy atom. The third-order valence-electron chi connectivity index (χ3n) is 4.07. The quantitative estimate of drug-likeness (QED) is 0.780. The fourth-order valence-corrected chi connectivity index (χ4v) is 2.14. The van der Waals surface area contributed by atoms with E-state index in [9.17, 15) is 22.8 Å². The number of aliphatic carboxylic acids is 1. The Labute approximate surface area is 144 Å². The third-order valence-corrected chi connectivity index (χ3v) is 4.07. The summed E-state index contributed by atoms with van der Waals surface area (Å²) in [5.74, 6) is -2.44. The van der Waals surface area contributed by atoms with Crippen molar-refractivity contribution in [3.63, 3.8) is 0 Å². The van der Waals surface area contributed by atoms with Gasteiger partial charge in [-0.05, 0) is 31.9 Å². The van der Waals surface area contributed by atoms with Crippen molar-refractivity contribution in [1.29, 1.82) is 0 Å². The van der Waals surface area contributed by atoms with Crippen molar-refractivity contribution < 1.29 is 32.6 Å². The van der Waals surface area contributed by atoms with Gasteiger partial charge in [0.05, 0.1) is 17.5 Å². The van der Waals surface area contributed by atoms with Crippen molar-refractivity contribution in [2.45, 2.75) is 51.9 Å². The van der Waals surface area contributed by atoms with E-state index >= 15 is 0 Å². The van der Waals surface area contributed by atoms with E-state index < -0.39 is 41.0 Å². The molecule has 1 aromatic carbocycles. The molecule has 0 aliphatic heterocycles. The van der Waals surface area contributed by atoms with Gasteiger partial charge in [0.2, 0.25) is 0 Å². The van der Waals surface area contributed by atoms with E-state index in [2.05, 4.69) is 5.32 Å². The minimum absolute atomic E-state index is 0.206. The second kappa shape index (κ2) is 7.76. The number of halogens is 3. The predicted molar refractivity (Wildman–Crippen MR) is 85.2 cm³/mol. The van der Waals surface area contributed by atoms with Crippen molar-refractivity contribution >= 4 is 11.9 Å². The van der Waals surface area contributed by atoms with Crippen LogP contribution in [0.2, 0.25) is 0 Å². The SMILES string of the molecule is CC(Oc1ccccc1C(F)(F)F)C(=O)NC(C)(CC(=O)O)C(C)C. The van der Waals surface area contributed by atoms with Crippen LogP contribution in [0.1, 0.15) is 39.7 Å². The molecule has 0 spiro atoms. The molecule has 0 fully saturated rings. The Kier molecular flexibility index (Phi) is 6.45. The van der Waals surface area contributed by atoms with Crippen LogP contribution in [-0.4, -0.2) is 28.6 Å². The molecule has 2 N–H and O–H groups in total. The fourth-order valence-electron chi connectivity index (χ4n) is 2.14. The van der Waals surface area contributed by atoms with E-state index in [0.717, 1.165) is 12.1 Å². The maximum atomic E-state index is 13.0. The minimum Gasteiger partial charge on any atom is -0.481 e. The molecule has 140 valence electrons. The summed E-state index contributed by atoms with van der Waals surface area (Å²) < 4.78 is 44.1. The molecule has 5 nitrogen and oxygen atoms in total. The number of carbonyl (C=O) groups excluding carboxylic acids is 1. The lowest BCUT2D eigenvalue weighted by Crippen LogP contribution is -2.54. The second-order valence-electron chi connectivity index (χ2n) is 6.39. The molecule has 2 atom stereocenters. The van der Waals surface area contributed by atoms with Gasteiger partial charge in [0.15, 0.2) is 6.10 Å². The highest BCUT2D eigenvalue weighted by Crippen LogP contribution is 2.36. The zero-order valence-corrected chi connectivity index (χ0v) is 14.5. The Bertz CT molecular complexity index is 631. The number of rotatable bonds is 7. The first-order valence-electron chi connectivity index (χ1n) is 7.73. The molecule has 0 saturated carbocycles. The molecule has 0 aliphatic rings. The van der Waals surface area contributed by atoms with E-state index in [0.29, 0.717) is 0 Å². The van der Waals surface area contributed by atoms with Crippen molar-refractivity contribution in [2.75, 3.05) is 0 Å². The molecule has 1 rings (SSSR count). The van der Waals surface area contributed by atoms with Gasteiger partial charge in [-0.25, -0.2) is 0 Å². The highest BCUT2D eigenvalue weighted by molar-refractivity contribution is 5.82. The molecule has 0 heterocycles. The average Bonchev–Trinajstić information content (AvgIpc) is 2.45. The van der Waals surface area contributed by atoms with Gasteiger partial charge >= 0.3 is 12.1 Å². The monoisotopic (exact) mass is 361 g/mol. The van der Waals surface area contributed by atoms with Crippen molar-refractivity contribution in [2.24, 2.45) is 5.92 Å². The fraction of sp³-hybridized carbons (Fsp3) is 0.529. The number of hydrogen-bond donors (Lipinski definition) is 2. The van der Waals surface area contributed by atoms with E-state index in [1.165, 1.54) is 19.1 Å². The maximum absolute atomic E-state index is 13.0. The van der Waals surface area contributed by atoms with Crippen LogP contribution in [0.3, 0.4) is 0 Å². The number of nitrogens with one attached hydrogen (secondary N) is 1. The molecular formula is C17H22F3NO4. The van der Waals surface area contributed by atoms with Crippen LogP contribution in [0.15, 0.2) is 24.3 Å². The number of para-hydroxylation sites is 1. The first-order chi connectivity index (χ1) is 11.4. The van der Waals surface area contributed by atoms with Gasteiger partial charge in [-0.2, -0.15) is 13.2 Å². The summed E-state index contributed by atoms with van der Waals surface area (Å²) in [5, 5.41) is 11.6. The molecular weight excluding hydrogens is 339 g/mol. The van der Waals surface area contributed by atoms with Gasteiger partial charge in [0.1, 0.15) is 5.75 Å². The van der Waals surface area contributed by atoms with Crippen LogP contribution in [0, 0.1) is 5.92 Å². The van der Waals surface area contributed by atoms with Crippen molar-refractivity contribution in [3.05, 3.63) is 29.8 Å². The summed E-state index contributed by atoms with van der Waals surface area (Å²) in [6.07, 6.45) is -6.15. The highest BCUT2D eigenvalue weighted by atomic mass is 19.4. The lowest BCUT2D eigenvalue weighted by atomic mass is 9.85. The number of hydrogen-bond acceptors (Lipinski definition) is 3. The van der Waals surface area contributed by atoms with Crippen LogP contribution in [-0.2, 0) is 15.8 Å². The van der Waals surface area contributed by atoms with Crippen LogP contribution in [0.25, 0.3) is 0 Å². The minimum atomic E-state index is -4.61. The van der Waals surface area contributed by atoms with E-state index in [1.54, 1.807) is 20.8 Å². The van der Waals surface area contributed by atoms with E-state index in [4.69, 9.17) is 9.84 Å². The molecule has 8 heteroatoms. The van der Waals surface area contributed by atoms with Gasteiger partial charge < -0.3 is 15.2 Å². The summed E-state index contributed by atoms with van der Waals surface area (Å²) >= 11 is 0. The first kappa shape index (κ1) is 20.8. The topological polar surface area (TPSA) is 75.6 Å². The number of benzene rings is 1. The summed E-state index contributed by atoms with van der Waals surface area (Å²) in [6, 6.07) is 4.59. The first-order valence-corrected chi connectivity index (χ1v) is 7.73. The summed E-state index contributed by atoms with van der Waals surface area (Å²) in [6.45, 7) is 6.37. The van der Waals surface area contributed by atoms with Gasteiger partial charge in [-0.15, -0.1) is 0 Å². The molecule has 2 unspecified atom stereocenters. The number of amides is 1.